The van der Waals surface area contributed by atoms with Crippen molar-refractivity contribution < 1.29 is 9.59 Å². The molecule has 1 atom stereocenters. The van der Waals surface area contributed by atoms with Crippen molar-refractivity contribution in [3.8, 4) is 0 Å². The summed E-state index contributed by atoms with van der Waals surface area (Å²) in [7, 11) is 0. The van der Waals surface area contributed by atoms with Gasteiger partial charge in [-0.1, -0.05) is 43.1 Å². The van der Waals surface area contributed by atoms with Crippen molar-refractivity contribution in [2.75, 3.05) is 13.1 Å². The summed E-state index contributed by atoms with van der Waals surface area (Å²) in [5.41, 5.74) is 7.74. The Bertz CT molecular complexity index is 620. The Hall–Kier alpha value is -1.30. The fraction of sp³-hybridized carbons (Fsp3) is 0.500. The number of hydrogen-bond donors (Lipinski definition) is 2. The molecular weight excluding hydrogens is 337 g/mol. The Labute approximate surface area is 146 Å². The minimum Gasteiger partial charge on any atom is -0.346 e. The number of carbonyl (C=O) groups is 2. The minimum atomic E-state index is -0.606. The highest BCUT2D eigenvalue weighted by atomic mass is 35.5. The van der Waals surface area contributed by atoms with E-state index in [1.165, 1.54) is 0 Å². The van der Waals surface area contributed by atoms with Crippen LogP contribution in [0.25, 0.3) is 0 Å². The van der Waals surface area contributed by atoms with Gasteiger partial charge in [-0.15, -0.1) is 0 Å². The Morgan fingerprint density at radius 3 is 2.70 bits per heavy atom. The molecule has 0 aliphatic carbocycles. The SMILES string of the molecule is CC(C)[C@H](N)C(=O)NCC(=O)N1CCc2c(ccc(Cl)c2Cl)C1. The van der Waals surface area contributed by atoms with Gasteiger partial charge in [-0.3, -0.25) is 9.59 Å². The third-order valence-electron chi connectivity index (χ3n) is 4.07. The van der Waals surface area contributed by atoms with Crippen molar-refractivity contribution in [2.45, 2.75) is 32.9 Å². The smallest absolute Gasteiger partial charge is 0.242 e. The van der Waals surface area contributed by atoms with Crippen LogP contribution in [0.15, 0.2) is 12.1 Å². The number of carbonyl (C=O) groups excluding carboxylic acids is 2. The van der Waals surface area contributed by atoms with Crippen molar-refractivity contribution in [3.63, 3.8) is 0 Å². The number of amides is 2. The number of rotatable bonds is 4. The number of nitrogens with zero attached hydrogens (tertiary/aromatic N) is 1. The summed E-state index contributed by atoms with van der Waals surface area (Å²) in [5.74, 6) is -0.412. The molecular formula is C16H21Cl2N3O2. The Kier molecular flexibility index (Phi) is 5.89. The van der Waals surface area contributed by atoms with Crippen LogP contribution in [-0.2, 0) is 22.6 Å². The average molecular weight is 358 g/mol. The molecule has 0 fully saturated rings. The number of nitrogens with one attached hydrogen (secondary N) is 1. The molecule has 126 valence electrons. The Balaban J connectivity index is 1.95. The van der Waals surface area contributed by atoms with E-state index in [1.807, 2.05) is 19.9 Å². The van der Waals surface area contributed by atoms with Crippen molar-refractivity contribution in [2.24, 2.45) is 11.7 Å². The first-order valence-corrected chi connectivity index (χ1v) is 8.33. The normalized spacial score (nSPS) is 15.3. The lowest BCUT2D eigenvalue weighted by Crippen LogP contribution is -2.48. The second kappa shape index (κ2) is 7.51. The van der Waals surface area contributed by atoms with Crippen LogP contribution in [0.4, 0.5) is 0 Å². The van der Waals surface area contributed by atoms with E-state index in [0.717, 1.165) is 11.1 Å². The van der Waals surface area contributed by atoms with Crippen LogP contribution in [0, 0.1) is 5.92 Å². The highest BCUT2D eigenvalue weighted by Crippen LogP contribution is 2.32. The number of nitrogens with two attached hydrogens (primary N) is 1. The molecule has 1 aliphatic heterocycles. The highest BCUT2D eigenvalue weighted by molar-refractivity contribution is 6.42. The molecule has 0 radical (unpaired) electrons. The first kappa shape index (κ1) is 18.0. The third-order valence-corrected chi connectivity index (χ3v) is 4.92. The van der Waals surface area contributed by atoms with Gasteiger partial charge in [-0.2, -0.15) is 0 Å². The maximum atomic E-state index is 12.3. The van der Waals surface area contributed by atoms with Crippen LogP contribution in [-0.4, -0.2) is 35.8 Å². The highest BCUT2D eigenvalue weighted by Gasteiger charge is 2.24. The second-order valence-corrected chi connectivity index (χ2v) is 6.84. The number of benzene rings is 1. The molecule has 0 aromatic heterocycles. The van der Waals surface area contributed by atoms with Gasteiger partial charge in [-0.05, 0) is 29.5 Å². The van der Waals surface area contributed by atoms with E-state index in [1.54, 1.807) is 11.0 Å². The molecule has 0 saturated heterocycles. The van der Waals surface area contributed by atoms with Gasteiger partial charge in [0, 0.05) is 13.1 Å². The van der Waals surface area contributed by atoms with Crippen LogP contribution < -0.4 is 11.1 Å². The largest absolute Gasteiger partial charge is 0.346 e. The van der Waals surface area contributed by atoms with Crippen molar-refractivity contribution in [1.29, 1.82) is 0 Å². The average Bonchev–Trinajstić information content (AvgIpc) is 2.54. The molecule has 0 unspecified atom stereocenters. The lowest BCUT2D eigenvalue weighted by Gasteiger charge is -2.30. The van der Waals surface area contributed by atoms with Crippen LogP contribution in [0.3, 0.4) is 0 Å². The van der Waals surface area contributed by atoms with Gasteiger partial charge >= 0.3 is 0 Å². The van der Waals surface area contributed by atoms with E-state index in [9.17, 15) is 9.59 Å². The van der Waals surface area contributed by atoms with Crippen molar-refractivity contribution in [1.82, 2.24) is 10.2 Å². The van der Waals surface area contributed by atoms with E-state index in [2.05, 4.69) is 5.32 Å². The molecule has 2 rings (SSSR count). The lowest BCUT2D eigenvalue weighted by molar-refractivity contribution is -0.134. The molecule has 0 bridgehead atoms. The summed E-state index contributed by atoms with van der Waals surface area (Å²) in [6, 6.07) is 3.02. The predicted molar refractivity (Wildman–Crippen MR) is 91.4 cm³/mol. The van der Waals surface area contributed by atoms with Gasteiger partial charge in [0.05, 0.1) is 22.6 Å². The summed E-state index contributed by atoms with van der Waals surface area (Å²) in [6.07, 6.45) is 0.653. The van der Waals surface area contributed by atoms with Crippen LogP contribution >= 0.6 is 23.2 Å². The fourth-order valence-corrected chi connectivity index (χ4v) is 2.95. The Morgan fingerprint density at radius 1 is 1.35 bits per heavy atom. The van der Waals surface area contributed by atoms with Gasteiger partial charge in [0.2, 0.25) is 11.8 Å². The second-order valence-electron chi connectivity index (χ2n) is 6.05. The number of halogens is 2. The predicted octanol–water partition coefficient (Wildman–Crippen LogP) is 1.98. The molecule has 5 nitrogen and oxygen atoms in total. The quantitative estimate of drug-likeness (QED) is 0.864. The molecule has 0 spiro atoms. The Morgan fingerprint density at radius 2 is 2.04 bits per heavy atom. The summed E-state index contributed by atoms with van der Waals surface area (Å²) in [4.78, 5) is 25.8. The molecule has 1 aliphatic rings. The zero-order chi connectivity index (χ0) is 17.1. The fourth-order valence-electron chi connectivity index (χ4n) is 2.49. The van der Waals surface area contributed by atoms with E-state index in [4.69, 9.17) is 28.9 Å². The third kappa shape index (κ3) is 4.16. The van der Waals surface area contributed by atoms with Crippen LogP contribution in [0.2, 0.25) is 10.0 Å². The minimum absolute atomic E-state index is 0.0267. The van der Waals surface area contributed by atoms with E-state index in [0.29, 0.717) is 29.6 Å². The van der Waals surface area contributed by atoms with Gasteiger partial charge in [0.1, 0.15) is 0 Å². The first-order valence-electron chi connectivity index (χ1n) is 7.58. The maximum Gasteiger partial charge on any atom is 0.242 e. The van der Waals surface area contributed by atoms with Crippen LogP contribution in [0.1, 0.15) is 25.0 Å². The van der Waals surface area contributed by atoms with E-state index < -0.39 is 6.04 Å². The first-order chi connectivity index (χ1) is 10.8. The molecule has 23 heavy (non-hydrogen) atoms. The summed E-state index contributed by atoms with van der Waals surface area (Å²) in [6.45, 7) is 4.70. The zero-order valence-electron chi connectivity index (χ0n) is 13.2. The van der Waals surface area contributed by atoms with Gasteiger partial charge in [-0.25, -0.2) is 0 Å². The molecule has 1 aromatic rings. The van der Waals surface area contributed by atoms with E-state index >= 15 is 0 Å². The van der Waals surface area contributed by atoms with Gasteiger partial charge in [0.25, 0.3) is 0 Å². The summed E-state index contributed by atoms with van der Waals surface area (Å²) < 4.78 is 0. The topological polar surface area (TPSA) is 75.4 Å². The number of fused-ring (bicyclic) bond motifs is 1. The summed E-state index contributed by atoms with van der Waals surface area (Å²) in [5, 5.41) is 3.69. The molecule has 3 N–H and O–H groups in total. The van der Waals surface area contributed by atoms with E-state index in [-0.39, 0.29) is 24.3 Å². The van der Waals surface area contributed by atoms with Gasteiger partial charge in [0.15, 0.2) is 0 Å². The molecule has 2 amide bonds. The molecule has 1 aromatic carbocycles. The zero-order valence-corrected chi connectivity index (χ0v) is 14.7. The molecule has 7 heteroatoms. The molecule has 0 saturated carbocycles. The maximum absolute atomic E-state index is 12.3. The van der Waals surface area contributed by atoms with Crippen LogP contribution in [0.5, 0.6) is 0 Å². The summed E-state index contributed by atoms with van der Waals surface area (Å²) >= 11 is 12.2. The molecule has 1 heterocycles. The standard InChI is InChI=1S/C16H21Cl2N3O2/c1-9(2)15(19)16(23)20-7-13(22)21-6-5-11-10(8-21)3-4-12(17)14(11)18/h3-4,9,15H,5-8,19H2,1-2H3,(H,20,23)/t15-/m0/s1. The van der Waals surface area contributed by atoms with Gasteiger partial charge < -0.3 is 16.0 Å². The van der Waals surface area contributed by atoms with Crippen molar-refractivity contribution >= 4 is 35.0 Å². The number of hydrogen-bond acceptors (Lipinski definition) is 3. The lowest BCUT2D eigenvalue weighted by atomic mass is 9.99. The van der Waals surface area contributed by atoms with Crippen molar-refractivity contribution in [3.05, 3.63) is 33.3 Å². The monoisotopic (exact) mass is 357 g/mol.